The number of rotatable bonds is 4. The molecule has 0 heterocycles. The fraction of sp³-hybridized carbons (Fsp3) is 0.188. The third-order valence-electron chi connectivity index (χ3n) is 2.99. The lowest BCUT2D eigenvalue weighted by atomic mass is 10.1. The Bertz CT molecular complexity index is 608. The SMILES string of the molecule is COc1ccc(NC(=O)Cc2ccc(Cl)cc2)c(C)c1. The fourth-order valence-electron chi connectivity index (χ4n) is 1.89. The molecule has 0 radical (unpaired) electrons. The Kier molecular flexibility index (Phi) is 4.64. The van der Waals surface area contributed by atoms with Crippen LogP contribution in [0.2, 0.25) is 5.02 Å². The van der Waals surface area contributed by atoms with Gasteiger partial charge in [0.15, 0.2) is 0 Å². The van der Waals surface area contributed by atoms with Gasteiger partial charge in [0.1, 0.15) is 5.75 Å². The molecule has 0 aromatic heterocycles. The molecule has 2 aromatic rings. The van der Waals surface area contributed by atoms with Crippen LogP contribution in [0.1, 0.15) is 11.1 Å². The summed E-state index contributed by atoms with van der Waals surface area (Å²) < 4.78 is 5.14. The molecule has 104 valence electrons. The van der Waals surface area contributed by atoms with Crippen molar-refractivity contribution in [3.05, 3.63) is 58.6 Å². The normalized spacial score (nSPS) is 10.2. The molecule has 0 aliphatic rings. The van der Waals surface area contributed by atoms with Crippen LogP contribution in [0.15, 0.2) is 42.5 Å². The first kappa shape index (κ1) is 14.4. The lowest BCUT2D eigenvalue weighted by molar-refractivity contribution is -0.115. The summed E-state index contributed by atoms with van der Waals surface area (Å²) >= 11 is 5.81. The number of carbonyl (C=O) groups is 1. The first-order valence-electron chi connectivity index (χ1n) is 6.27. The van der Waals surface area contributed by atoms with Gasteiger partial charge in [0.2, 0.25) is 5.91 Å². The first-order chi connectivity index (χ1) is 9.58. The Morgan fingerprint density at radius 3 is 2.50 bits per heavy atom. The van der Waals surface area contributed by atoms with E-state index in [9.17, 15) is 4.79 Å². The molecule has 20 heavy (non-hydrogen) atoms. The van der Waals surface area contributed by atoms with Gasteiger partial charge in [0.05, 0.1) is 13.5 Å². The second-order valence-corrected chi connectivity index (χ2v) is 4.97. The van der Waals surface area contributed by atoms with Gasteiger partial charge < -0.3 is 10.1 Å². The quantitative estimate of drug-likeness (QED) is 0.929. The first-order valence-corrected chi connectivity index (χ1v) is 6.65. The lowest BCUT2D eigenvalue weighted by Gasteiger charge is -2.10. The number of methoxy groups -OCH3 is 1. The standard InChI is InChI=1S/C16H16ClNO2/c1-11-9-14(20-2)7-8-15(11)18-16(19)10-12-3-5-13(17)6-4-12/h3-9H,10H2,1-2H3,(H,18,19). The van der Waals surface area contributed by atoms with Gasteiger partial charge >= 0.3 is 0 Å². The van der Waals surface area contributed by atoms with Gasteiger partial charge in [-0.1, -0.05) is 23.7 Å². The number of amides is 1. The Morgan fingerprint density at radius 2 is 1.90 bits per heavy atom. The van der Waals surface area contributed by atoms with Crippen molar-refractivity contribution in [2.45, 2.75) is 13.3 Å². The largest absolute Gasteiger partial charge is 0.497 e. The maximum absolute atomic E-state index is 12.0. The smallest absolute Gasteiger partial charge is 0.228 e. The van der Waals surface area contributed by atoms with Crippen molar-refractivity contribution in [3.63, 3.8) is 0 Å². The average molecular weight is 290 g/mol. The lowest BCUT2D eigenvalue weighted by Crippen LogP contribution is -2.15. The van der Waals surface area contributed by atoms with E-state index in [0.717, 1.165) is 22.6 Å². The van der Waals surface area contributed by atoms with E-state index in [2.05, 4.69) is 5.32 Å². The van der Waals surface area contributed by atoms with Gasteiger partial charge in [-0.3, -0.25) is 4.79 Å². The predicted octanol–water partition coefficient (Wildman–Crippen LogP) is 3.84. The van der Waals surface area contributed by atoms with E-state index < -0.39 is 0 Å². The monoisotopic (exact) mass is 289 g/mol. The molecule has 4 heteroatoms. The molecule has 0 aliphatic carbocycles. The molecular formula is C16H16ClNO2. The molecule has 0 bridgehead atoms. The van der Waals surface area contributed by atoms with Crippen LogP contribution < -0.4 is 10.1 Å². The van der Waals surface area contributed by atoms with E-state index in [1.165, 1.54) is 0 Å². The Balaban J connectivity index is 2.02. The van der Waals surface area contributed by atoms with Crippen LogP contribution in [0.4, 0.5) is 5.69 Å². The highest BCUT2D eigenvalue weighted by Crippen LogP contribution is 2.21. The van der Waals surface area contributed by atoms with E-state index in [1.807, 2.05) is 37.3 Å². The van der Waals surface area contributed by atoms with Crippen LogP contribution in [-0.4, -0.2) is 13.0 Å². The number of hydrogen-bond acceptors (Lipinski definition) is 2. The second kappa shape index (κ2) is 6.44. The molecule has 0 saturated carbocycles. The number of anilines is 1. The highest BCUT2D eigenvalue weighted by molar-refractivity contribution is 6.30. The Labute approximate surface area is 123 Å². The van der Waals surface area contributed by atoms with Gasteiger partial charge in [-0.05, 0) is 48.4 Å². The highest BCUT2D eigenvalue weighted by atomic mass is 35.5. The highest BCUT2D eigenvalue weighted by Gasteiger charge is 2.07. The molecule has 2 aromatic carbocycles. The van der Waals surface area contributed by atoms with Crippen molar-refractivity contribution >= 4 is 23.2 Å². The third-order valence-corrected chi connectivity index (χ3v) is 3.24. The summed E-state index contributed by atoms with van der Waals surface area (Å²) in [7, 11) is 1.62. The van der Waals surface area contributed by atoms with E-state index in [-0.39, 0.29) is 5.91 Å². The number of hydrogen-bond donors (Lipinski definition) is 1. The van der Waals surface area contributed by atoms with Crippen LogP contribution in [0.3, 0.4) is 0 Å². The maximum Gasteiger partial charge on any atom is 0.228 e. The van der Waals surface area contributed by atoms with Gasteiger partial charge in [-0.2, -0.15) is 0 Å². The molecule has 3 nitrogen and oxygen atoms in total. The van der Waals surface area contributed by atoms with E-state index in [1.54, 1.807) is 19.2 Å². The molecule has 0 aliphatic heterocycles. The fourth-order valence-corrected chi connectivity index (χ4v) is 2.01. The number of halogens is 1. The summed E-state index contributed by atoms with van der Waals surface area (Å²) in [5, 5.41) is 3.56. The maximum atomic E-state index is 12.0. The zero-order chi connectivity index (χ0) is 14.5. The number of benzene rings is 2. The molecule has 0 atom stereocenters. The van der Waals surface area contributed by atoms with E-state index in [4.69, 9.17) is 16.3 Å². The summed E-state index contributed by atoms with van der Waals surface area (Å²) in [4.78, 5) is 12.0. The van der Waals surface area contributed by atoms with Crippen molar-refractivity contribution in [1.82, 2.24) is 0 Å². The molecule has 0 saturated heterocycles. The number of ether oxygens (including phenoxy) is 1. The second-order valence-electron chi connectivity index (χ2n) is 4.53. The molecule has 1 amide bonds. The van der Waals surface area contributed by atoms with Crippen LogP contribution in [0.5, 0.6) is 5.75 Å². The molecule has 1 N–H and O–H groups in total. The molecule has 0 fully saturated rings. The number of nitrogens with one attached hydrogen (secondary N) is 1. The summed E-state index contributed by atoms with van der Waals surface area (Å²) in [5.41, 5.74) is 2.69. The number of carbonyl (C=O) groups excluding carboxylic acids is 1. The average Bonchev–Trinajstić information content (AvgIpc) is 2.43. The summed E-state index contributed by atoms with van der Waals surface area (Å²) in [6.45, 7) is 1.93. The minimum absolute atomic E-state index is 0.0550. The van der Waals surface area contributed by atoms with E-state index in [0.29, 0.717) is 11.4 Å². The molecule has 0 unspecified atom stereocenters. The Morgan fingerprint density at radius 1 is 1.20 bits per heavy atom. The topological polar surface area (TPSA) is 38.3 Å². The van der Waals surface area contributed by atoms with Crippen LogP contribution in [-0.2, 0) is 11.2 Å². The van der Waals surface area contributed by atoms with Crippen LogP contribution in [0.25, 0.3) is 0 Å². The van der Waals surface area contributed by atoms with E-state index >= 15 is 0 Å². The van der Waals surface area contributed by atoms with Crippen molar-refractivity contribution in [1.29, 1.82) is 0 Å². The third kappa shape index (κ3) is 3.75. The van der Waals surface area contributed by atoms with Gasteiger partial charge in [0, 0.05) is 10.7 Å². The van der Waals surface area contributed by atoms with Gasteiger partial charge in [0.25, 0.3) is 0 Å². The summed E-state index contributed by atoms with van der Waals surface area (Å²) in [5.74, 6) is 0.721. The summed E-state index contributed by atoms with van der Waals surface area (Å²) in [6, 6.07) is 12.8. The van der Waals surface area contributed by atoms with Gasteiger partial charge in [-0.25, -0.2) is 0 Å². The minimum atomic E-state index is -0.0550. The molecule has 0 spiro atoms. The number of aryl methyl sites for hydroxylation is 1. The van der Waals surface area contributed by atoms with Gasteiger partial charge in [-0.15, -0.1) is 0 Å². The van der Waals surface area contributed by atoms with Crippen molar-refractivity contribution in [2.24, 2.45) is 0 Å². The van der Waals surface area contributed by atoms with Crippen molar-refractivity contribution in [3.8, 4) is 5.75 Å². The van der Waals surface area contributed by atoms with Crippen molar-refractivity contribution < 1.29 is 9.53 Å². The molecular weight excluding hydrogens is 274 g/mol. The summed E-state index contributed by atoms with van der Waals surface area (Å²) in [6.07, 6.45) is 0.322. The predicted molar refractivity (Wildman–Crippen MR) is 81.5 cm³/mol. The zero-order valence-electron chi connectivity index (χ0n) is 11.4. The van der Waals surface area contributed by atoms with Crippen molar-refractivity contribution in [2.75, 3.05) is 12.4 Å². The zero-order valence-corrected chi connectivity index (χ0v) is 12.2. The van der Waals surface area contributed by atoms with Crippen LogP contribution in [0, 0.1) is 6.92 Å². The Hall–Kier alpha value is -2.00. The molecule has 2 rings (SSSR count). The minimum Gasteiger partial charge on any atom is -0.497 e. The van der Waals surface area contributed by atoms with Crippen LogP contribution >= 0.6 is 11.6 Å².